The van der Waals surface area contributed by atoms with Crippen molar-refractivity contribution < 1.29 is 9.31 Å². The molecule has 0 amide bonds. The molecule has 2 nitrogen and oxygen atoms in total. The molecule has 1 aliphatic heterocycles. The van der Waals surface area contributed by atoms with Crippen molar-refractivity contribution in [2.24, 2.45) is 0 Å². The summed E-state index contributed by atoms with van der Waals surface area (Å²) in [5, 5.41) is 0. The Morgan fingerprint density at radius 3 is 1.67 bits per heavy atom. The largest absolute Gasteiger partial charge is 0.495 e. The Morgan fingerprint density at radius 2 is 1.04 bits per heavy atom. The van der Waals surface area contributed by atoms with Gasteiger partial charge in [0.2, 0.25) is 0 Å². The molecule has 27 heavy (non-hydrogen) atoms. The van der Waals surface area contributed by atoms with E-state index in [1.807, 2.05) is 12.1 Å². The zero-order valence-corrected chi connectivity index (χ0v) is 16.4. The van der Waals surface area contributed by atoms with Gasteiger partial charge in [-0.3, -0.25) is 0 Å². The SMILES string of the molecule is CC1(C)OB(c2ccccc2-c2ccc(-c3ccccc3)cc2)OC1(C)C. The van der Waals surface area contributed by atoms with Gasteiger partial charge in [0.05, 0.1) is 11.2 Å². The van der Waals surface area contributed by atoms with Crippen LogP contribution in [0.1, 0.15) is 27.7 Å². The molecule has 1 heterocycles. The highest BCUT2D eigenvalue weighted by Crippen LogP contribution is 2.37. The van der Waals surface area contributed by atoms with Crippen LogP contribution in [0.15, 0.2) is 78.9 Å². The lowest BCUT2D eigenvalue weighted by Gasteiger charge is -2.32. The zero-order valence-electron chi connectivity index (χ0n) is 16.4. The molecule has 0 atom stereocenters. The quantitative estimate of drug-likeness (QED) is 0.592. The molecule has 1 aliphatic rings. The predicted octanol–water partition coefficient (Wildman–Crippen LogP) is 5.32. The molecule has 0 aliphatic carbocycles. The second-order valence-electron chi connectivity index (χ2n) is 8.12. The number of benzene rings is 3. The number of hydrogen-bond donors (Lipinski definition) is 0. The van der Waals surface area contributed by atoms with Gasteiger partial charge in [0, 0.05) is 0 Å². The van der Waals surface area contributed by atoms with Gasteiger partial charge in [0.25, 0.3) is 0 Å². The molecule has 0 radical (unpaired) electrons. The number of hydrogen-bond acceptors (Lipinski definition) is 2. The van der Waals surface area contributed by atoms with Crippen molar-refractivity contribution in [2.45, 2.75) is 38.9 Å². The van der Waals surface area contributed by atoms with E-state index in [-0.39, 0.29) is 18.3 Å². The van der Waals surface area contributed by atoms with Gasteiger partial charge < -0.3 is 9.31 Å². The molecule has 1 saturated heterocycles. The Morgan fingerprint density at radius 1 is 0.556 bits per heavy atom. The summed E-state index contributed by atoms with van der Waals surface area (Å²) in [5.41, 5.74) is 5.14. The second-order valence-corrected chi connectivity index (χ2v) is 8.12. The minimum Gasteiger partial charge on any atom is -0.399 e. The second kappa shape index (κ2) is 6.67. The molecule has 3 heteroatoms. The van der Waals surface area contributed by atoms with Crippen LogP contribution >= 0.6 is 0 Å². The van der Waals surface area contributed by atoms with Crippen LogP contribution in [0, 0.1) is 0 Å². The first-order valence-corrected chi connectivity index (χ1v) is 9.48. The molecule has 1 fully saturated rings. The van der Waals surface area contributed by atoms with E-state index in [1.54, 1.807) is 0 Å². The van der Waals surface area contributed by atoms with Gasteiger partial charge in [-0.25, -0.2) is 0 Å². The van der Waals surface area contributed by atoms with Gasteiger partial charge in [0.1, 0.15) is 0 Å². The Hall–Kier alpha value is -2.36. The standard InChI is InChI=1S/C24H25BO2/c1-23(2)24(3,4)27-25(26-23)22-13-9-8-12-21(22)20-16-14-19(15-17-20)18-10-6-5-7-11-18/h5-17H,1-4H3. The van der Waals surface area contributed by atoms with Gasteiger partial charge in [-0.2, -0.15) is 0 Å². The van der Waals surface area contributed by atoms with E-state index in [0.717, 1.165) is 11.0 Å². The van der Waals surface area contributed by atoms with Crippen LogP contribution in [0.2, 0.25) is 0 Å². The molecule has 4 rings (SSSR count). The van der Waals surface area contributed by atoms with Gasteiger partial charge in [-0.1, -0.05) is 78.9 Å². The summed E-state index contributed by atoms with van der Waals surface area (Å²) in [5.74, 6) is 0. The monoisotopic (exact) mass is 356 g/mol. The van der Waals surface area contributed by atoms with E-state index in [0.29, 0.717) is 0 Å². The third kappa shape index (κ3) is 3.33. The average Bonchev–Trinajstić information content (AvgIpc) is 2.90. The lowest BCUT2D eigenvalue weighted by molar-refractivity contribution is 0.00578. The van der Waals surface area contributed by atoms with Crippen LogP contribution < -0.4 is 5.46 Å². The molecule has 0 unspecified atom stereocenters. The fourth-order valence-corrected chi connectivity index (χ4v) is 3.41. The van der Waals surface area contributed by atoms with Crippen LogP contribution in [0.4, 0.5) is 0 Å². The van der Waals surface area contributed by atoms with Crippen molar-refractivity contribution in [2.75, 3.05) is 0 Å². The van der Waals surface area contributed by atoms with Crippen molar-refractivity contribution in [3.8, 4) is 22.3 Å². The minimum atomic E-state index is -0.361. The molecule has 0 N–H and O–H groups in total. The molecular formula is C24H25BO2. The van der Waals surface area contributed by atoms with Gasteiger partial charge in [-0.05, 0) is 55.4 Å². The minimum absolute atomic E-state index is 0.345. The zero-order chi connectivity index (χ0) is 19.1. The van der Waals surface area contributed by atoms with Crippen LogP contribution in [-0.4, -0.2) is 18.3 Å². The smallest absolute Gasteiger partial charge is 0.399 e. The van der Waals surface area contributed by atoms with E-state index in [2.05, 4.69) is 94.4 Å². The molecule has 3 aromatic rings. The Labute approximate surface area is 162 Å². The van der Waals surface area contributed by atoms with Crippen molar-refractivity contribution in [1.29, 1.82) is 0 Å². The fraction of sp³-hybridized carbons (Fsp3) is 0.250. The maximum absolute atomic E-state index is 6.28. The van der Waals surface area contributed by atoms with E-state index < -0.39 is 0 Å². The highest BCUT2D eigenvalue weighted by Gasteiger charge is 2.52. The van der Waals surface area contributed by atoms with Gasteiger partial charge >= 0.3 is 7.12 Å². The third-order valence-electron chi connectivity index (χ3n) is 5.77. The molecule has 136 valence electrons. The molecule has 3 aromatic carbocycles. The van der Waals surface area contributed by atoms with Crippen molar-refractivity contribution in [3.63, 3.8) is 0 Å². The first kappa shape index (κ1) is 18.0. The lowest BCUT2D eigenvalue weighted by Crippen LogP contribution is -2.41. The molecule has 0 aromatic heterocycles. The topological polar surface area (TPSA) is 18.5 Å². The maximum Gasteiger partial charge on any atom is 0.495 e. The Kier molecular flexibility index (Phi) is 4.45. The summed E-state index contributed by atoms with van der Waals surface area (Å²) >= 11 is 0. The summed E-state index contributed by atoms with van der Waals surface area (Å²) in [7, 11) is -0.361. The summed E-state index contributed by atoms with van der Waals surface area (Å²) in [6, 6.07) is 27.5. The molecule has 0 saturated carbocycles. The van der Waals surface area contributed by atoms with Crippen LogP contribution in [0.5, 0.6) is 0 Å². The Balaban J connectivity index is 1.68. The maximum atomic E-state index is 6.28. The van der Waals surface area contributed by atoms with E-state index in [1.165, 1.54) is 16.7 Å². The molecular weight excluding hydrogens is 331 g/mol. The normalized spacial score (nSPS) is 17.9. The summed E-state index contributed by atoms with van der Waals surface area (Å²) in [6.07, 6.45) is 0. The van der Waals surface area contributed by atoms with E-state index in [4.69, 9.17) is 9.31 Å². The molecule has 0 bridgehead atoms. The first-order chi connectivity index (χ1) is 12.9. The fourth-order valence-electron chi connectivity index (χ4n) is 3.41. The third-order valence-corrected chi connectivity index (χ3v) is 5.77. The van der Waals surface area contributed by atoms with E-state index >= 15 is 0 Å². The first-order valence-electron chi connectivity index (χ1n) is 9.48. The predicted molar refractivity (Wildman–Crippen MR) is 113 cm³/mol. The van der Waals surface area contributed by atoms with Crippen LogP contribution in [0.3, 0.4) is 0 Å². The van der Waals surface area contributed by atoms with E-state index in [9.17, 15) is 0 Å². The van der Waals surface area contributed by atoms with Gasteiger partial charge in [0.15, 0.2) is 0 Å². The van der Waals surface area contributed by atoms with Crippen molar-refractivity contribution >= 4 is 12.6 Å². The van der Waals surface area contributed by atoms with Crippen LogP contribution in [0.25, 0.3) is 22.3 Å². The van der Waals surface area contributed by atoms with Gasteiger partial charge in [-0.15, -0.1) is 0 Å². The summed E-state index contributed by atoms with van der Waals surface area (Å²) in [4.78, 5) is 0. The summed E-state index contributed by atoms with van der Waals surface area (Å²) in [6.45, 7) is 8.35. The highest BCUT2D eigenvalue weighted by atomic mass is 16.7. The Bertz CT molecular complexity index is 914. The van der Waals surface area contributed by atoms with Crippen molar-refractivity contribution in [1.82, 2.24) is 0 Å². The molecule has 0 spiro atoms. The van der Waals surface area contributed by atoms with Crippen molar-refractivity contribution in [3.05, 3.63) is 78.9 Å². The number of rotatable bonds is 3. The summed E-state index contributed by atoms with van der Waals surface area (Å²) < 4.78 is 12.6. The van der Waals surface area contributed by atoms with Crippen LogP contribution in [-0.2, 0) is 9.31 Å². The highest BCUT2D eigenvalue weighted by molar-refractivity contribution is 6.63. The average molecular weight is 356 g/mol. The lowest BCUT2D eigenvalue weighted by atomic mass is 9.74.